The average molecular weight is 264 g/mol. The zero-order valence-electron chi connectivity index (χ0n) is 11.7. The lowest BCUT2D eigenvalue weighted by atomic mass is 9.98. The third-order valence-corrected chi connectivity index (χ3v) is 4.41. The quantitative estimate of drug-likeness (QED) is 0.876. The van der Waals surface area contributed by atoms with E-state index in [2.05, 4.69) is 19.8 Å². The van der Waals surface area contributed by atoms with Crippen LogP contribution in [0.4, 0.5) is 5.95 Å². The standard InChI is InChI=1S/C14H24N4O/c1-19-10-9-18-8-5-15-14(18)16-12-4-7-17-6-2-3-13(17)11-12/h5,8,12-13H,2-4,6-7,9-11H2,1H3,(H,15,16). The van der Waals surface area contributed by atoms with Crippen molar-refractivity contribution in [2.45, 2.75) is 44.3 Å². The Labute approximate surface area is 114 Å². The average Bonchev–Trinajstić information content (AvgIpc) is 3.05. The number of fused-ring (bicyclic) bond motifs is 1. The molecular weight excluding hydrogens is 240 g/mol. The van der Waals surface area contributed by atoms with Gasteiger partial charge in [0.1, 0.15) is 0 Å². The first-order chi connectivity index (χ1) is 9.36. The van der Waals surface area contributed by atoms with Crippen LogP contribution in [-0.4, -0.2) is 53.3 Å². The summed E-state index contributed by atoms with van der Waals surface area (Å²) in [4.78, 5) is 7.08. The van der Waals surface area contributed by atoms with Crippen LogP contribution in [-0.2, 0) is 11.3 Å². The Bertz CT molecular complexity index is 406. The zero-order valence-corrected chi connectivity index (χ0v) is 11.7. The van der Waals surface area contributed by atoms with Crippen molar-refractivity contribution in [2.75, 3.05) is 32.1 Å². The van der Waals surface area contributed by atoms with Crippen LogP contribution in [0.2, 0.25) is 0 Å². The maximum absolute atomic E-state index is 5.13. The summed E-state index contributed by atoms with van der Waals surface area (Å²) < 4.78 is 7.28. The van der Waals surface area contributed by atoms with E-state index in [-0.39, 0.29) is 0 Å². The van der Waals surface area contributed by atoms with E-state index in [1.807, 2.05) is 12.4 Å². The van der Waals surface area contributed by atoms with Gasteiger partial charge in [-0.25, -0.2) is 4.98 Å². The minimum absolute atomic E-state index is 0.572. The number of methoxy groups -OCH3 is 1. The molecule has 0 saturated carbocycles. The molecule has 3 heterocycles. The first-order valence-electron chi connectivity index (χ1n) is 7.37. The van der Waals surface area contributed by atoms with Crippen LogP contribution in [0.25, 0.3) is 0 Å². The molecule has 19 heavy (non-hydrogen) atoms. The normalized spacial score (nSPS) is 27.4. The van der Waals surface area contributed by atoms with Gasteiger partial charge < -0.3 is 19.5 Å². The number of imidazole rings is 1. The summed E-state index contributed by atoms with van der Waals surface area (Å²) in [5, 5.41) is 3.62. The van der Waals surface area contributed by atoms with E-state index >= 15 is 0 Å². The number of rotatable bonds is 5. The van der Waals surface area contributed by atoms with Crippen molar-refractivity contribution in [3.05, 3.63) is 12.4 Å². The van der Waals surface area contributed by atoms with Gasteiger partial charge in [0.15, 0.2) is 0 Å². The first kappa shape index (κ1) is 12.9. The van der Waals surface area contributed by atoms with E-state index in [9.17, 15) is 0 Å². The SMILES string of the molecule is COCCn1ccnc1NC1CCN2CCCC2C1. The summed E-state index contributed by atoms with van der Waals surface area (Å²) in [6.45, 7) is 4.13. The van der Waals surface area contributed by atoms with Crippen LogP contribution in [0.5, 0.6) is 0 Å². The van der Waals surface area contributed by atoms with Gasteiger partial charge in [-0.05, 0) is 32.2 Å². The number of hydrogen-bond acceptors (Lipinski definition) is 4. The van der Waals surface area contributed by atoms with Crippen molar-refractivity contribution in [2.24, 2.45) is 0 Å². The van der Waals surface area contributed by atoms with Crippen molar-refractivity contribution in [3.8, 4) is 0 Å². The highest BCUT2D eigenvalue weighted by Gasteiger charge is 2.31. The van der Waals surface area contributed by atoms with Crippen molar-refractivity contribution >= 4 is 5.95 Å². The Morgan fingerprint density at radius 1 is 1.42 bits per heavy atom. The summed E-state index contributed by atoms with van der Waals surface area (Å²) in [6, 6.07) is 1.37. The summed E-state index contributed by atoms with van der Waals surface area (Å²) in [5.41, 5.74) is 0. The van der Waals surface area contributed by atoms with Crippen LogP contribution >= 0.6 is 0 Å². The number of hydrogen-bond donors (Lipinski definition) is 1. The van der Waals surface area contributed by atoms with E-state index in [0.717, 1.165) is 25.1 Å². The number of ether oxygens (including phenoxy) is 1. The molecule has 0 radical (unpaired) electrons. The topological polar surface area (TPSA) is 42.3 Å². The van der Waals surface area contributed by atoms with Crippen LogP contribution in [0, 0.1) is 0 Å². The van der Waals surface area contributed by atoms with Crippen molar-refractivity contribution in [3.63, 3.8) is 0 Å². The van der Waals surface area contributed by atoms with Crippen LogP contribution in [0.3, 0.4) is 0 Å². The van der Waals surface area contributed by atoms with Gasteiger partial charge in [0.2, 0.25) is 5.95 Å². The largest absolute Gasteiger partial charge is 0.383 e. The fourth-order valence-electron chi connectivity index (χ4n) is 3.36. The van der Waals surface area contributed by atoms with Crippen molar-refractivity contribution < 1.29 is 4.74 Å². The summed E-state index contributed by atoms with van der Waals surface area (Å²) in [5.74, 6) is 0.994. The lowest BCUT2D eigenvalue weighted by Gasteiger charge is -2.35. The minimum Gasteiger partial charge on any atom is -0.383 e. The molecule has 5 heteroatoms. The molecule has 3 rings (SSSR count). The second-order valence-corrected chi connectivity index (χ2v) is 5.63. The molecule has 2 aliphatic rings. The molecule has 0 aliphatic carbocycles. The Balaban J connectivity index is 1.57. The predicted octanol–water partition coefficient (Wildman–Crippen LogP) is 1.57. The van der Waals surface area contributed by atoms with Gasteiger partial charge in [0.25, 0.3) is 0 Å². The molecule has 2 aliphatic heterocycles. The van der Waals surface area contributed by atoms with E-state index in [1.165, 1.54) is 38.8 Å². The fourth-order valence-corrected chi connectivity index (χ4v) is 3.36. The Morgan fingerprint density at radius 2 is 2.37 bits per heavy atom. The van der Waals surface area contributed by atoms with Crippen molar-refractivity contribution in [1.82, 2.24) is 14.5 Å². The Hall–Kier alpha value is -1.07. The molecule has 1 N–H and O–H groups in total. The van der Waals surface area contributed by atoms with E-state index in [0.29, 0.717) is 6.04 Å². The van der Waals surface area contributed by atoms with Gasteiger partial charge >= 0.3 is 0 Å². The fraction of sp³-hybridized carbons (Fsp3) is 0.786. The maximum atomic E-state index is 5.13. The minimum atomic E-state index is 0.572. The first-order valence-corrected chi connectivity index (χ1v) is 7.37. The smallest absolute Gasteiger partial charge is 0.203 e. The number of aromatic nitrogens is 2. The number of piperidine rings is 1. The van der Waals surface area contributed by atoms with Gasteiger partial charge in [-0.1, -0.05) is 0 Å². The highest BCUT2D eigenvalue weighted by molar-refractivity contribution is 5.28. The van der Waals surface area contributed by atoms with Crippen LogP contribution in [0.1, 0.15) is 25.7 Å². The van der Waals surface area contributed by atoms with Gasteiger partial charge in [0.05, 0.1) is 6.61 Å². The van der Waals surface area contributed by atoms with Crippen molar-refractivity contribution in [1.29, 1.82) is 0 Å². The van der Waals surface area contributed by atoms with Gasteiger partial charge in [-0.3, -0.25) is 0 Å². The third-order valence-electron chi connectivity index (χ3n) is 4.41. The summed E-state index contributed by atoms with van der Waals surface area (Å²) >= 11 is 0. The monoisotopic (exact) mass is 264 g/mol. The lowest BCUT2D eigenvalue weighted by Crippen LogP contribution is -2.43. The van der Waals surface area contributed by atoms with Gasteiger partial charge in [-0.2, -0.15) is 0 Å². The van der Waals surface area contributed by atoms with Gasteiger partial charge in [-0.15, -0.1) is 0 Å². The molecule has 106 valence electrons. The molecule has 0 aromatic carbocycles. The van der Waals surface area contributed by atoms with E-state index < -0.39 is 0 Å². The molecular formula is C14H24N4O. The lowest BCUT2D eigenvalue weighted by molar-refractivity contribution is 0.184. The van der Waals surface area contributed by atoms with Gasteiger partial charge in [0, 0.05) is 44.7 Å². The maximum Gasteiger partial charge on any atom is 0.203 e. The molecule has 2 saturated heterocycles. The Morgan fingerprint density at radius 3 is 3.26 bits per heavy atom. The molecule has 2 atom stereocenters. The number of anilines is 1. The molecule has 0 bridgehead atoms. The third kappa shape index (κ3) is 2.92. The second kappa shape index (κ2) is 5.92. The molecule has 0 spiro atoms. The summed E-state index contributed by atoms with van der Waals surface area (Å²) in [6.07, 6.45) is 9.12. The summed E-state index contributed by atoms with van der Waals surface area (Å²) in [7, 11) is 1.74. The second-order valence-electron chi connectivity index (χ2n) is 5.63. The molecule has 2 unspecified atom stereocenters. The van der Waals surface area contributed by atoms with E-state index in [1.54, 1.807) is 7.11 Å². The molecule has 2 fully saturated rings. The molecule has 1 aromatic rings. The van der Waals surface area contributed by atoms with E-state index in [4.69, 9.17) is 4.74 Å². The highest BCUT2D eigenvalue weighted by atomic mass is 16.5. The Kier molecular flexibility index (Phi) is 4.03. The van der Waals surface area contributed by atoms with Crippen LogP contribution < -0.4 is 5.32 Å². The molecule has 5 nitrogen and oxygen atoms in total. The highest BCUT2D eigenvalue weighted by Crippen LogP contribution is 2.28. The zero-order chi connectivity index (χ0) is 13.1. The molecule has 1 aromatic heterocycles. The molecule has 0 amide bonds. The number of nitrogens with zero attached hydrogens (tertiary/aromatic N) is 3. The number of nitrogens with one attached hydrogen (secondary N) is 1. The predicted molar refractivity (Wildman–Crippen MR) is 75.3 cm³/mol. The van der Waals surface area contributed by atoms with Crippen LogP contribution in [0.15, 0.2) is 12.4 Å².